The molecule has 0 spiro atoms. The molecule has 18 heteroatoms. The molecule has 8 N–H and O–H groups in total. The summed E-state index contributed by atoms with van der Waals surface area (Å²) in [5.74, 6) is -0.202. The average molecular weight is 698 g/mol. The number of terminal acetylenes is 1. The van der Waals surface area contributed by atoms with Gasteiger partial charge in [0.05, 0.1) is 71.2 Å². The number of rotatable bonds is 24. The number of fused-ring (bicyclic) bond motifs is 1. The van der Waals surface area contributed by atoms with Crippen LogP contribution < -0.4 is 21.7 Å². The van der Waals surface area contributed by atoms with E-state index in [1.807, 2.05) is 4.90 Å². The average Bonchev–Trinajstić information content (AvgIpc) is 3.09. The predicted octanol–water partition coefficient (Wildman–Crippen LogP) is -0.624. The Morgan fingerprint density at radius 2 is 1.68 bits per heavy atom. The first-order valence-corrected chi connectivity index (χ1v) is 15.8. The Balaban J connectivity index is 1.27. The number of aromatic nitrogens is 4. The summed E-state index contributed by atoms with van der Waals surface area (Å²) in [4.78, 5) is 54.6. The molecule has 0 aliphatic heterocycles. The van der Waals surface area contributed by atoms with Crippen molar-refractivity contribution in [2.45, 2.75) is 25.4 Å². The molecule has 2 heterocycles. The number of hydrogen-bond acceptors (Lipinski definition) is 15. The number of carboxylic acids is 1. The van der Waals surface area contributed by atoms with Crippen molar-refractivity contribution in [3.05, 3.63) is 41.7 Å². The van der Waals surface area contributed by atoms with Gasteiger partial charge in [-0.1, -0.05) is 5.92 Å². The molecule has 50 heavy (non-hydrogen) atoms. The minimum absolute atomic E-state index is 0.0347. The largest absolute Gasteiger partial charge is 0.492 e. The standard InChI is InChI=1S/C32H43N9O9/c1-2-10-41(11-13-42)12-15-49-17-19-50-18-16-48-14-9-34-26(43)8-7-25(31(46)47)38-29(44)22-3-5-23(6-4-22)35-20-24-21-36-28-27(37-24)30(45)40-32(33)39-28/h1,3-6,21,25,35,42H,7-20H2,(H,34,43)(H,38,44)(H,46,47)(H3,33,36,39,40,45)/t25-/m0/s1. The molecule has 0 saturated heterocycles. The Hall–Kier alpha value is -5.19. The van der Waals surface area contributed by atoms with Crippen LogP contribution in [0.5, 0.6) is 5.88 Å². The summed E-state index contributed by atoms with van der Waals surface area (Å²) in [5, 5.41) is 36.8. The lowest BCUT2D eigenvalue weighted by Gasteiger charge is -2.18. The number of aromatic hydroxyl groups is 1. The van der Waals surface area contributed by atoms with Crippen LogP contribution in [0.15, 0.2) is 30.5 Å². The number of carbonyl (C=O) groups is 3. The number of nitrogens with one attached hydrogen (secondary N) is 3. The number of ether oxygens (including phenoxy) is 3. The maximum Gasteiger partial charge on any atom is 0.326 e. The monoisotopic (exact) mass is 697 g/mol. The number of aliphatic hydroxyl groups excluding tert-OH is 1. The summed E-state index contributed by atoms with van der Waals surface area (Å²) in [6.07, 6.45) is 6.55. The van der Waals surface area contributed by atoms with Gasteiger partial charge in [0.1, 0.15) is 6.04 Å². The van der Waals surface area contributed by atoms with Crippen molar-refractivity contribution in [3.8, 4) is 18.2 Å². The number of nitrogen functional groups attached to an aromatic ring is 1. The Kier molecular flexibility index (Phi) is 17.0. The van der Waals surface area contributed by atoms with Crippen LogP contribution >= 0.6 is 0 Å². The van der Waals surface area contributed by atoms with E-state index in [0.717, 1.165) is 0 Å². The molecule has 3 aromatic rings. The van der Waals surface area contributed by atoms with Gasteiger partial charge >= 0.3 is 5.97 Å². The van der Waals surface area contributed by atoms with Gasteiger partial charge in [-0.15, -0.1) is 6.42 Å². The number of nitrogens with two attached hydrogens (primary N) is 1. The molecular weight excluding hydrogens is 654 g/mol. The quantitative estimate of drug-likeness (QED) is 0.0454. The molecule has 0 bridgehead atoms. The van der Waals surface area contributed by atoms with E-state index in [2.05, 4.69) is 41.8 Å². The van der Waals surface area contributed by atoms with E-state index in [0.29, 0.717) is 64.0 Å². The Morgan fingerprint density at radius 3 is 2.36 bits per heavy atom. The van der Waals surface area contributed by atoms with Gasteiger partial charge in [0.25, 0.3) is 5.91 Å². The summed E-state index contributed by atoms with van der Waals surface area (Å²) in [5.41, 5.74) is 7.14. The van der Waals surface area contributed by atoms with Crippen molar-refractivity contribution in [3.63, 3.8) is 0 Å². The highest BCUT2D eigenvalue weighted by Crippen LogP contribution is 2.19. The number of hydrogen-bond donors (Lipinski definition) is 7. The molecule has 0 saturated carbocycles. The van der Waals surface area contributed by atoms with E-state index >= 15 is 0 Å². The third kappa shape index (κ3) is 14.1. The lowest BCUT2D eigenvalue weighted by atomic mass is 10.1. The van der Waals surface area contributed by atoms with Gasteiger partial charge < -0.3 is 51.2 Å². The second kappa shape index (κ2) is 21.7. The third-order valence-corrected chi connectivity index (χ3v) is 6.94. The van der Waals surface area contributed by atoms with Gasteiger partial charge in [0, 0.05) is 37.3 Å². The lowest BCUT2D eigenvalue weighted by molar-refractivity contribution is -0.139. The number of benzene rings is 1. The highest BCUT2D eigenvalue weighted by atomic mass is 16.5. The highest BCUT2D eigenvalue weighted by molar-refractivity contribution is 5.97. The predicted molar refractivity (Wildman–Crippen MR) is 181 cm³/mol. The molecule has 1 atom stereocenters. The zero-order valence-electron chi connectivity index (χ0n) is 27.5. The van der Waals surface area contributed by atoms with Gasteiger partial charge in [-0.05, 0) is 30.7 Å². The first kappa shape index (κ1) is 39.3. The zero-order valence-corrected chi connectivity index (χ0v) is 27.5. The molecule has 2 aromatic heterocycles. The highest BCUT2D eigenvalue weighted by Gasteiger charge is 2.22. The van der Waals surface area contributed by atoms with Crippen molar-refractivity contribution < 1.29 is 43.9 Å². The van der Waals surface area contributed by atoms with Gasteiger partial charge in [-0.25, -0.2) is 14.8 Å². The summed E-state index contributed by atoms with van der Waals surface area (Å²) < 4.78 is 16.3. The number of aliphatic hydroxyl groups is 1. The smallest absolute Gasteiger partial charge is 0.326 e. The summed E-state index contributed by atoms with van der Waals surface area (Å²) in [6, 6.07) is 5.05. The van der Waals surface area contributed by atoms with Crippen LogP contribution in [0, 0.1) is 12.3 Å². The number of carboxylic acid groups (broad SMARTS) is 1. The zero-order chi connectivity index (χ0) is 36.1. The molecule has 2 amide bonds. The summed E-state index contributed by atoms with van der Waals surface area (Å²) in [7, 11) is 0. The van der Waals surface area contributed by atoms with Crippen molar-refractivity contribution in [2.75, 3.05) is 83.5 Å². The van der Waals surface area contributed by atoms with Crippen molar-refractivity contribution in [1.29, 1.82) is 0 Å². The maximum atomic E-state index is 12.7. The van der Waals surface area contributed by atoms with Crippen LogP contribution in [-0.4, -0.2) is 136 Å². The second-order valence-corrected chi connectivity index (χ2v) is 10.7. The molecule has 0 fully saturated rings. The van der Waals surface area contributed by atoms with Gasteiger partial charge in [-0.3, -0.25) is 14.5 Å². The number of carbonyl (C=O) groups excluding carboxylic acids is 2. The van der Waals surface area contributed by atoms with E-state index in [-0.39, 0.29) is 73.6 Å². The Morgan fingerprint density at radius 1 is 0.980 bits per heavy atom. The van der Waals surface area contributed by atoms with E-state index in [4.69, 9.17) is 31.5 Å². The van der Waals surface area contributed by atoms with E-state index in [9.17, 15) is 24.6 Å². The Labute approximate surface area is 288 Å². The van der Waals surface area contributed by atoms with Crippen LogP contribution in [0.4, 0.5) is 11.6 Å². The molecule has 0 radical (unpaired) electrons. The van der Waals surface area contributed by atoms with E-state index in [1.54, 1.807) is 12.1 Å². The van der Waals surface area contributed by atoms with Crippen LogP contribution in [0.3, 0.4) is 0 Å². The minimum atomic E-state index is -1.27. The van der Waals surface area contributed by atoms with Crippen LogP contribution in [0.25, 0.3) is 11.2 Å². The first-order valence-electron chi connectivity index (χ1n) is 15.8. The number of anilines is 2. The summed E-state index contributed by atoms with van der Waals surface area (Å²) >= 11 is 0. The van der Waals surface area contributed by atoms with Crippen LogP contribution in [-0.2, 0) is 30.3 Å². The van der Waals surface area contributed by atoms with E-state index in [1.165, 1.54) is 18.3 Å². The normalized spacial score (nSPS) is 11.6. The first-order chi connectivity index (χ1) is 24.2. The van der Waals surface area contributed by atoms with Crippen molar-refractivity contribution in [2.24, 2.45) is 0 Å². The fourth-order valence-corrected chi connectivity index (χ4v) is 4.36. The Bertz CT molecular complexity index is 1570. The van der Waals surface area contributed by atoms with Crippen molar-refractivity contribution in [1.82, 2.24) is 35.5 Å². The maximum absolute atomic E-state index is 12.7. The van der Waals surface area contributed by atoms with Gasteiger partial charge in [0.15, 0.2) is 11.2 Å². The lowest BCUT2D eigenvalue weighted by Crippen LogP contribution is -2.41. The molecule has 3 rings (SSSR count). The molecular formula is C32H43N9O9. The number of aliphatic carboxylic acids is 1. The second-order valence-electron chi connectivity index (χ2n) is 10.7. The van der Waals surface area contributed by atoms with Crippen LogP contribution in [0.1, 0.15) is 28.9 Å². The van der Waals surface area contributed by atoms with Crippen molar-refractivity contribution >= 4 is 40.6 Å². The molecule has 18 nitrogen and oxygen atoms in total. The molecule has 0 aliphatic rings. The van der Waals surface area contributed by atoms with Gasteiger partial charge in [-0.2, -0.15) is 9.97 Å². The number of nitrogens with zero attached hydrogens (tertiary/aromatic N) is 5. The molecule has 0 aliphatic carbocycles. The molecule has 270 valence electrons. The minimum Gasteiger partial charge on any atom is -0.492 e. The summed E-state index contributed by atoms with van der Waals surface area (Å²) in [6.45, 7) is 4.26. The van der Waals surface area contributed by atoms with E-state index < -0.39 is 17.9 Å². The topological polar surface area (TPSA) is 257 Å². The van der Waals surface area contributed by atoms with Crippen LogP contribution in [0.2, 0.25) is 0 Å². The van der Waals surface area contributed by atoms with Gasteiger partial charge in [0.2, 0.25) is 17.7 Å². The fourth-order valence-electron chi connectivity index (χ4n) is 4.36. The SMILES string of the molecule is C#CCN(CCO)CCOCCOCCOCCNC(=O)CC[C@H](NC(=O)c1ccc(NCc2cnc3nc(N)nc(O)c3n2)cc1)C(=O)O. The number of amides is 2. The molecule has 1 aromatic carbocycles. The molecule has 0 unspecified atom stereocenters. The fraction of sp³-hybridized carbons (Fsp3) is 0.469. The third-order valence-electron chi connectivity index (χ3n) is 6.94.